The molecule has 0 aliphatic carbocycles. The van der Waals surface area contributed by atoms with Gasteiger partial charge in [0.25, 0.3) is 5.91 Å². The molecule has 1 aromatic carbocycles. The van der Waals surface area contributed by atoms with Gasteiger partial charge in [-0.05, 0) is 18.2 Å². The highest BCUT2D eigenvalue weighted by atomic mass is 35.5. The molecule has 0 atom stereocenters. The molecule has 1 aromatic heterocycles. The molecule has 0 radical (unpaired) electrons. The first-order valence-corrected chi connectivity index (χ1v) is 7.72. The number of anilines is 1. The lowest BCUT2D eigenvalue weighted by Gasteiger charge is -2.08. The molecule has 2 aromatic rings. The molecule has 2 rings (SSSR count). The topological polar surface area (TPSA) is 68.3 Å². The summed E-state index contributed by atoms with van der Waals surface area (Å²) in [7, 11) is 0. The third kappa shape index (κ3) is 4.48. The van der Waals surface area contributed by atoms with E-state index in [9.17, 15) is 14.0 Å². The molecule has 0 saturated heterocycles. The number of esters is 1. The Morgan fingerprint density at radius 3 is 2.54 bits per heavy atom. The Labute approximate surface area is 155 Å². The third-order valence-corrected chi connectivity index (χ3v) is 4.13. The fourth-order valence-electron chi connectivity index (χ4n) is 1.56. The van der Waals surface area contributed by atoms with Crippen LogP contribution in [-0.4, -0.2) is 23.5 Å². The van der Waals surface area contributed by atoms with E-state index in [4.69, 9.17) is 51.1 Å². The summed E-state index contributed by atoms with van der Waals surface area (Å²) >= 11 is 22.9. The van der Waals surface area contributed by atoms with Gasteiger partial charge in [0, 0.05) is 11.2 Å². The van der Waals surface area contributed by atoms with Gasteiger partial charge in [-0.15, -0.1) is 0 Å². The van der Waals surface area contributed by atoms with Crippen LogP contribution in [0.2, 0.25) is 20.1 Å². The SMILES string of the molecule is O=C(COC(=O)c1ncc(Cl)c(Cl)c1Cl)Nc1ccc(Cl)cc1F. The molecule has 0 aliphatic heterocycles. The van der Waals surface area contributed by atoms with Crippen LogP contribution in [0.15, 0.2) is 24.4 Å². The molecule has 24 heavy (non-hydrogen) atoms. The molecule has 0 bridgehead atoms. The molecule has 1 N–H and O–H groups in total. The van der Waals surface area contributed by atoms with Gasteiger partial charge in [0.1, 0.15) is 5.82 Å². The van der Waals surface area contributed by atoms with Gasteiger partial charge in [-0.3, -0.25) is 4.79 Å². The number of nitrogens with one attached hydrogen (secondary N) is 1. The monoisotopic (exact) mass is 410 g/mol. The first-order chi connectivity index (χ1) is 11.3. The number of hydrogen-bond acceptors (Lipinski definition) is 4. The highest BCUT2D eigenvalue weighted by Crippen LogP contribution is 2.31. The summed E-state index contributed by atoms with van der Waals surface area (Å²) < 4.78 is 18.3. The van der Waals surface area contributed by atoms with Gasteiger partial charge in [-0.2, -0.15) is 0 Å². The average molecular weight is 412 g/mol. The maximum Gasteiger partial charge on any atom is 0.359 e. The van der Waals surface area contributed by atoms with Crippen molar-refractivity contribution in [1.82, 2.24) is 4.98 Å². The van der Waals surface area contributed by atoms with Crippen molar-refractivity contribution in [1.29, 1.82) is 0 Å². The summed E-state index contributed by atoms with van der Waals surface area (Å²) in [5, 5.41) is 2.21. The highest BCUT2D eigenvalue weighted by Gasteiger charge is 2.19. The standard InChI is InChI=1S/C14H7Cl4FN2O3/c15-6-1-2-9(8(19)3-6)21-10(22)5-24-14(23)13-12(18)11(17)7(16)4-20-13/h1-4H,5H2,(H,21,22). The Kier molecular flexibility index (Phi) is 6.23. The van der Waals surface area contributed by atoms with Crippen LogP contribution in [0.3, 0.4) is 0 Å². The number of carbonyl (C=O) groups is 2. The van der Waals surface area contributed by atoms with Crippen molar-refractivity contribution in [2.24, 2.45) is 0 Å². The van der Waals surface area contributed by atoms with E-state index in [0.29, 0.717) is 0 Å². The molecule has 0 fully saturated rings. The number of hydrogen-bond donors (Lipinski definition) is 1. The summed E-state index contributed by atoms with van der Waals surface area (Å²) in [6.45, 7) is -0.681. The van der Waals surface area contributed by atoms with Gasteiger partial charge in [-0.25, -0.2) is 14.2 Å². The van der Waals surface area contributed by atoms with E-state index in [2.05, 4.69) is 10.3 Å². The van der Waals surface area contributed by atoms with Crippen LogP contribution in [0.25, 0.3) is 0 Å². The molecule has 1 amide bonds. The van der Waals surface area contributed by atoms with E-state index in [1.165, 1.54) is 12.1 Å². The normalized spacial score (nSPS) is 10.4. The quantitative estimate of drug-likeness (QED) is 0.744. The van der Waals surface area contributed by atoms with E-state index in [-0.39, 0.29) is 31.5 Å². The fourth-order valence-corrected chi connectivity index (χ4v) is 2.28. The molecule has 10 heteroatoms. The summed E-state index contributed by atoms with van der Waals surface area (Å²) in [5.41, 5.74) is -0.400. The maximum absolute atomic E-state index is 13.5. The minimum absolute atomic E-state index is 0.0621. The number of ether oxygens (including phenoxy) is 1. The minimum atomic E-state index is -0.981. The van der Waals surface area contributed by atoms with Crippen molar-refractivity contribution in [3.63, 3.8) is 0 Å². The van der Waals surface area contributed by atoms with Crippen LogP contribution in [0.5, 0.6) is 0 Å². The Morgan fingerprint density at radius 1 is 1.17 bits per heavy atom. The van der Waals surface area contributed by atoms with Crippen LogP contribution in [0.1, 0.15) is 10.5 Å². The van der Waals surface area contributed by atoms with Crippen molar-refractivity contribution in [3.05, 3.63) is 56.0 Å². The lowest BCUT2D eigenvalue weighted by molar-refractivity contribution is -0.119. The molecule has 5 nitrogen and oxygen atoms in total. The molecule has 0 unspecified atom stereocenters. The zero-order valence-corrected chi connectivity index (χ0v) is 14.6. The summed E-state index contributed by atoms with van der Waals surface area (Å²) in [5.74, 6) is -2.47. The Balaban J connectivity index is 1.99. The van der Waals surface area contributed by atoms with Crippen LogP contribution in [0, 0.1) is 5.82 Å². The first kappa shape index (κ1) is 18.7. The van der Waals surface area contributed by atoms with Crippen LogP contribution in [0.4, 0.5) is 10.1 Å². The van der Waals surface area contributed by atoms with Crippen molar-refractivity contribution >= 4 is 64.0 Å². The second kappa shape index (κ2) is 7.98. The van der Waals surface area contributed by atoms with Crippen LogP contribution < -0.4 is 5.32 Å². The second-order valence-corrected chi connectivity index (χ2v) is 5.93. The third-order valence-electron chi connectivity index (χ3n) is 2.65. The summed E-state index contributed by atoms with van der Waals surface area (Å²) in [4.78, 5) is 27.3. The molecule has 0 spiro atoms. The number of rotatable bonds is 4. The number of pyridine rings is 1. The average Bonchev–Trinajstić information content (AvgIpc) is 2.53. The smallest absolute Gasteiger partial charge is 0.359 e. The molecule has 126 valence electrons. The Morgan fingerprint density at radius 2 is 1.88 bits per heavy atom. The van der Waals surface area contributed by atoms with Crippen LogP contribution in [-0.2, 0) is 9.53 Å². The van der Waals surface area contributed by atoms with Crippen molar-refractivity contribution < 1.29 is 18.7 Å². The zero-order chi connectivity index (χ0) is 17.9. The van der Waals surface area contributed by atoms with E-state index in [1.54, 1.807) is 0 Å². The highest BCUT2D eigenvalue weighted by molar-refractivity contribution is 6.48. The van der Waals surface area contributed by atoms with Gasteiger partial charge in [0.05, 0.1) is 20.8 Å². The molecular formula is C14H7Cl4FN2O3. The molecular weight excluding hydrogens is 405 g/mol. The second-order valence-electron chi connectivity index (χ2n) is 4.33. The van der Waals surface area contributed by atoms with Gasteiger partial charge in [0.15, 0.2) is 12.3 Å². The van der Waals surface area contributed by atoms with Gasteiger partial charge >= 0.3 is 5.97 Å². The number of nitrogens with zero attached hydrogens (tertiary/aromatic N) is 1. The summed E-state index contributed by atoms with van der Waals surface area (Å²) in [6, 6.07) is 3.70. The van der Waals surface area contributed by atoms with Crippen LogP contribution >= 0.6 is 46.4 Å². The lowest BCUT2D eigenvalue weighted by atomic mass is 10.3. The van der Waals surface area contributed by atoms with Gasteiger partial charge in [-0.1, -0.05) is 46.4 Å². The fraction of sp³-hybridized carbons (Fsp3) is 0.0714. The van der Waals surface area contributed by atoms with E-state index in [0.717, 1.165) is 12.3 Å². The minimum Gasteiger partial charge on any atom is -0.451 e. The predicted octanol–water partition coefficient (Wildman–Crippen LogP) is 4.63. The van der Waals surface area contributed by atoms with Gasteiger partial charge < -0.3 is 10.1 Å². The van der Waals surface area contributed by atoms with E-state index < -0.39 is 24.3 Å². The number of halogens is 5. The Bertz CT molecular complexity index is 817. The van der Waals surface area contributed by atoms with Gasteiger partial charge in [0.2, 0.25) is 0 Å². The first-order valence-electron chi connectivity index (χ1n) is 6.21. The lowest BCUT2D eigenvalue weighted by Crippen LogP contribution is -2.22. The van der Waals surface area contributed by atoms with Crippen molar-refractivity contribution in [3.8, 4) is 0 Å². The predicted molar refractivity (Wildman–Crippen MR) is 89.6 cm³/mol. The number of benzene rings is 1. The molecule has 0 aliphatic rings. The molecule has 1 heterocycles. The number of carbonyl (C=O) groups excluding carboxylic acids is 2. The van der Waals surface area contributed by atoms with E-state index >= 15 is 0 Å². The summed E-state index contributed by atoms with van der Waals surface area (Å²) in [6.07, 6.45) is 1.12. The number of aromatic nitrogens is 1. The largest absolute Gasteiger partial charge is 0.451 e. The van der Waals surface area contributed by atoms with E-state index in [1.807, 2.05) is 0 Å². The maximum atomic E-state index is 13.5. The number of amides is 1. The Hall–Kier alpha value is -1.60. The van der Waals surface area contributed by atoms with Crippen molar-refractivity contribution in [2.75, 3.05) is 11.9 Å². The zero-order valence-electron chi connectivity index (χ0n) is 11.6. The van der Waals surface area contributed by atoms with Crippen molar-refractivity contribution in [2.45, 2.75) is 0 Å². The molecule has 0 saturated carbocycles.